The summed E-state index contributed by atoms with van der Waals surface area (Å²) in [7, 11) is 0. The largest absolute Gasteiger partial charge is 0.481 e. The normalized spacial score (nSPS) is 20.9. The topological polar surface area (TPSA) is 133 Å². The average Bonchev–Trinajstić information content (AvgIpc) is 2.97. The summed E-state index contributed by atoms with van der Waals surface area (Å²) < 4.78 is 0. The summed E-state index contributed by atoms with van der Waals surface area (Å²) >= 11 is 0. The lowest BCUT2D eigenvalue weighted by atomic mass is 9.86. The Bertz CT molecular complexity index is 722. The fraction of sp³-hybridized carbons (Fsp3) is 0.600. The van der Waals surface area contributed by atoms with Crippen LogP contribution in [0.25, 0.3) is 11.5 Å². The van der Waals surface area contributed by atoms with Gasteiger partial charge in [0.2, 0.25) is 5.82 Å². The molecule has 0 spiro atoms. The summed E-state index contributed by atoms with van der Waals surface area (Å²) in [6.45, 7) is 2.43. The van der Waals surface area contributed by atoms with E-state index < -0.39 is 5.97 Å². The summed E-state index contributed by atoms with van der Waals surface area (Å²) in [4.78, 5) is 20.9. The lowest BCUT2D eigenvalue weighted by Gasteiger charge is -2.25. The summed E-state index contributed by atoms with van der Waals surface area (Å²) in [5.74, 6) is 0.453. The molecule has 0 atom stereocenters. The predicted molar refractivity (Wildman–Crippen MR) is 84.9 cm³/mol. The van der Waals surface area contributed by atoms with Gasteiger partial charge in [0.05, 0.1) is 18.7 Å². The third-order valence-electron chi connectivity index (χ3n) is 4.22. The second kappa shape index (κ2) is 7.00. The van der Waals surface area contributed by atoms with Crippen LogP contribution in [0.1, 0.15) is 37.2 Å². The van der Waals surface area contributed by atoms with Gasteiger partial charge in [0.15, 0.2) is 0 Å². The number of carboxylic acids is 1. The van der Waals surface area contributed by atoms with E-state index in [0.717, 1.165) is 25.7 Å². The molecule has 1 saturated carbocycles. The number of aromatic nitrogens is 6. The van der Waals surface area contributed by atoms with Crippen LogP contribution in [0.4, 0.5) is 0 Å². The van der Waals surface area contributed by atoms with Crippen LogP contribution < -0.4 is 5.73 Å². The fourth-order valence-corrected chi connectivity index (χ4v) is 3.01. The van der Waals surface area contributed by atoms with Crippen molar-refractivity contribution >= 4 is 5.97 Å². The third-order valence-corrected chi connectivity index (χ3v) is 4.22. The van der Waals surface area contributed by atoms with Crippen molar-refractivity contribution in [2.45, 2.75) is 51.6 Å². The number of aryl methyl sites for hydroxylation is 1. The van der Waals surface area contributed by atoms with Gasteiger partial charge < -0.3 is 10.8 Å². The van der Waals surface area contributed by atoms with Gasteiger partial charge in [-0.05, 0) is 49.8 Å². The second-order valence-corrected chi connectivity index (χ2v) is 6.31. The Balaban J connectivity index is 1.73. The molecule has 24 heavy (non-hydrogen) atoms. The molecule has 9 heteroatoms. The minimum absolute atomic E-state index is 0.160. The van der Waals surface area contributed by atoms with Crippen molar-refractivity contribution in [2.24, 2.45) is 11.7 Å². The van der Waals surface area contributed by atoms with E-state index in [1.807, 2.05) is 0 Å². The van der Waals surface area contributed by atoms with Gasteiger partial charge in [0.25, 0.3) is 0 Å². The van der Waals surface area contributed by atoms with E-state index in [2.05, 4.69) is 25.4 Å². The van der Waals surface area contributed by atoms with E-state index in [9.17, 15) is 4.79 Å². The first-order valence-corrected chi connectivity index (χ1v) is 8.09. The van der Waals surface area contributed by atoms with Crippen molar-refractivity contribution in [1.82, 2.24) is 30.2 Å². The number of rotatable bonds is 5. The molecule has 0 unspecified atom stereocenters. The van der Waals surface area contributed by atoms with E-state index in [4.69, 9.17) is 10.8 Å². The molecule has 0 bridgehead atoms. The second-order valence-electron chi connectivity index (χ2n) is 6.31. The summed E-state index contributed by atoms with van der Waals surface area (Å²) in [6.07, 6.45) is 4.07. The SMILES string of the molecule is Cc1nc(CC(=O)O)cc(-c2nnn(CC3CCC(N)CC3)n2)n1. The first-order chi connectivity index (χ1) is 11.5. The lowest BCUT2D eigenvalue weighted by molar-refractivity contribution is -0.136. The first kappa shape index (κ1) is 16.4. The Hall–Kier alpha value is -2.42. The molecule has 128 valence electrons. The van der Waals surface area contributed by atoms with Gasteiger partial charge in [-0.2, -0.15) is 4.80 Å². The minimum Gasteiger partial charge on any atom is -0.481 e. The lowest BCUT2D eigenvalue weighted by Crippen LogP contribution is -2.28. The van der Waals surface area contributed by atoms with Gasteiger partial charge >= 0.3 is 5.97 Å². The molecule has 0 aromatic carbocycles. The van der Waals surface area contributed by atoms with Gasteiger partial charge in [0.1, 0.15) is 11.5 Å². The number of aliphatic carboxylic acids is 1. The fourth-order valence-electron chi connectivity index (χ4n) is 3.01. The first-order valence-electron chi connectivity index (χ1n) is 8.09. The van der Waals surface area contributed by atoms with Crippen LogP contribution in [0.5, 0.6) is 0 Å². The standard InChI is InChI=1S/C15H21N7O2/c1-9-17-12(7-14(23)24)6-13(18-9)15-19-21-22(20-15)8-10-2-4-11(16)5-3-10/h6,10-11H,2-5,7-8,16H2,1H3,(H,23,24). The number of hydrogen-bond donors (Lipinski definition) is 2. The maximum Gasteiger partial charge on any atom is 0.309 e. The molecule has 2 aromatic heterocycles. The van der Waals surface area contributed by atoms with E-state index >= 15 is 0 Å². The number of carboxylic acid groups (broad SMARTS) is 1. The summed E-state index contributed by atoms with van der Waals surface area (Å²) in [6, 6.07) is 1.92. The van der Waals surface area contributed by atoms with E-state index in [0.29, 0.717) is 41.5 Å². The van der Waals surface area contributed by atoms with Crippen LogP contribution in [-0.2, 0) is 17.8 Å². The molecule has 0 saturated heterocycles. The van der Waals surface area contributed by atoms with Crippen LogP contribution >= 0.6 is 0 Å². The van der Waals surface area contributed by atoms with Crippen molar-refractivity contribution in [3.8, 4) is 11.5 Å². The van der Waals surface area contributed by atoms with Gasteiger partial charge in [-0.25, -0.2) is 9.97 Å². The third kappa shape index (κ3) is 4.10. The highest BCUT2D eigenvalue weighted by atomic mass is 16.4. The molecule has 9 nitrogen and oxygen atoms in total. The zero-order valence-electron chi connectivity index (χ0n) is 13.6. The molecule has 2 aromatic rings. The Morgan fingerprint density at radius 3 is 2.79 bits per heavy atom. The molecule has 3 rings (SSSR count). The van der Waals surface area contributed by atoms with Gasteiger partial charge in [-0.1, -0.05) is 0 Å². The van der Waals surface area contributed by atoms with Crippen LogP contribution in [0.3, 0.4) is 0 Å². The molecule has 3 N–H and O–H groups in total. The highest BCUT2D eigenvalue weighted by Crippen LogP contribution is 2.24. The van der Waals surface area contributed by atoms with Crippen LogP contribution in [0.15, 0.2) is 6.07 Å². The zero-order chi connectivity index (χ0) is 17.1. The summed E-state index contributed by atoms with van der Waals surface area (Å²) in [5, 5.41) is 21.4. The average molecular weight is 331 g/mol. The summed E-state index contributed by atoms with van der Waals surface area (Å²) in [5.41, 5.74) is 6.86. The Labute approximate surface area is 139 Å². The molecular formula is C15H21N7O2. The molecule has 0 amide bonds. The van der Waals surface area contributed by atoms with Crippen LogP contribution in [0, 0.1) is 12.8 Å². The van der Waals surface area contributed by atoms with E-state index in [1.165, 1.54) is 0 Å². The van der Waals surface area contributed by atoms with Crippen molar-refractivity contribution < 1.29 is 9.90 Å². The number of carbonyl (C=O) groups is 1. The maximum atomic E-state index is 10.9. The van der Waals surface area contributed by atoms with Crippen molar-refractivity contribution in [1.29, 1.82) is 0 Å². The van der Waals surface area contributed by atoms with Gasteiger partial charge in [-0.3, -0.25) is 4.79 Å². The van der Waals surface area contributed by atoms with Crippen molar-refractivity contribution in [3.05, 3.63) is 17.6 Å². The number of tetrazole rings is 1. The Kier molecular flexibility index (Phi) is 4.79. The maximum absolute atomic E-state index is 10.9. The smallest absolute Gasteiger partial charge is 0.309 e. The molecule has 2 heterocycles. The molecule has 0 radical (unpaired) electrons. The highest BCUT2D eigenvalue weighted by Gasteiger charge is 2.20. The Morgan fingerprint density at radius 2 is 2.08 bits per heavy atom. The van der Waals surface area contributed by atoms with E-state index in [1.54, 1.807) is 17.8 Å². The van der Waals surface area contributed by atoms with Crippen molar-refractivity contribution in [2.75, 3.05) is 0 Å². The zero-order valence-corrected chi connectivity index (χ0v) is 13.6. The number of nitrogens with zero attached hydrogens (tertiary/aromatic N) is 6. The quantitative estimate of drug-likeness (QED) is 0.813. The molecule has 1 fully saturated rings. The van der Waals surface area contributed by atoms with Crippen LogP contribution in [-0.4, -0.2) is 47.3 Å². The van der Waals surface area contributed by atoms with Crippen molar-refractivity contribution in [3.63, 3.8) is 0 Å². The van der Waals surface area contributed by atoms with Crippen LogP contribution in [0.2, 0.25) is 0 Å². The predicted octanol–water partition coefficient (Wildman–Crippen LogP) is 0.583. The highest BCUT2D eigenvalue weighted by molar-refractivity contribution is 5.70. The van der Waals surface area contributed by atoms with E-state index in [-0.39, 0.29) is 6.42 Å². The molecule has 0 aliphatic heterocycles. The van der Waals surface area contributed by atoms with Gasteiger partial charge in [0, 0.05) is 6.04 Å². The molecule has 1 aliphatic rings. The monoisotopic (exact) mass is 331 g/mol. The molecule has 1 aliphatic carbocycles. The minimum atomic E-state index is -0.939. The number of hydrogen-bond acceptors (Lipinski definition) is 7. The number of nitrogens with two attached hydrogens (primary N) is 1. The Morgan fingerprint density at radius 1 is 1.33 bits per heavy atom. The molecular weight excluding hydrogens is 310 g/mol. The van der Waals surface area contributed by atoms with Gasteiger partial charge in [-0.15, -0.1) is 10.2 Å².